The highest BCUT2D eigenvalue weighted by Gasteiger charge is 2.04. The molecule has 0 atom stereocenters. The van der Waals surface area contributed by atoms with Crippen LogP contribution >= 0.6 is 0 Å². The van der Waals surface area contributed by atoms with Crippen LogP contribution in [0.3, 0.4) is 0 Å². The van der Waals surface area contributed by atoms with Gasteiger partial charge in [-0.25, -0.2) is 9.59 Å². The van der Waals surface area contributed by atoms with Crippen LogP contribution in [-0.4, -0.2) is 44.4 Å². The Morgan fingerprint density at radius 2 is 1.62 bits per heavy atom. The third kappa shape index (κ3) is 11.5. The number of alkyl carbamates (subject to hydrolysis) is 1. The maximum atomic E-state index is 11.2. The van der Waals surface area contributed by atoms with Gasteiger partial charge in [0, 0.05) is 12.0 Å². The van der Waals surface area contributed by atoms with E-state index in [1.165, 1.54) is 0 Å². The zero-order valence-electron chi connectivity index (χ0n) is 12.6. The number of nitrogens with one attached hydrogen (secondary N) is 1. The summed E-state index contributed by atoms with van der Waals surface area (Å²) in [5.41, 5.74) is 0.307. The van der Waals surface area contributed by atoms with Gasteiger partial charge in [-0.3, -0.25) is 4.79 Å². The summed E-state index contributed by atoms with van der Waals surface area (Å²) in [6.45, 7) is 7.50. The Morgan fingerprint density at radius 3 is 2.19 bits per heavy atom. The Balaban J connectivity index is 3.41. The molecule has 0 aromatic carbocycles. The van der Waals surface area contributed by atoms with Crippen LogP contribution in [0.4, 0.5) is 4.79 Å². The van der Waals surface area contributed by atoms with Gasteiger partial charge in [-0.2, -0.15) is 0 Å². The van der Waals surface area contributed by atoms with E-state index in [4.69, 9.17) is 14.2 Å². The third-order valence-corrected chi connectivity index (χ3v) is 2.28. The predicted octanol–water partition coefficient (Wildman–Crippen LogP) is 1.57. The van der Waals surface area contributed by atoms with Gasteiger partial charge in [0.2, 0.25) is 0 Å². The molecule has 0 unspecified atom stereocenters. The van der Waals surface area contributed by atoms with Gasteiger partial charge in [-0.05, 0) is 19.8 Å². The van der Waals surface area contributed by atoms with E-state index in [1.807, 2.05) is 0 Å². The van der Waals surface area contributed by atoms with Crippen LogP contribution in [0.5, 0.6) is 0 Å². The van der Waals surface area contributed by atoms with Crippen LogP contribution in [0, 0.1) is 0 Å². The van der Waals surface area contributed by atoms with Gasteiger partial charge >= 0.3 is 18.0 Å². The van der Waals surface area contributed by atoms with Gasteiger partial charge in [-0.15, -0.1) is 0 Å². The summed E-state index contributed by atoms with van der Waals surface area (Å²) in [6, 6.07) is 0. The van der Waals surface area contributed by atoms with Crippen LogP contribution in [0.2, 0.25) is 0 Å². The molecule has 21 heavy (non-hydrogen) atoms. The molecule has 0 radical (unpaired) electrons. The number of unbranched alkanes of at least 4 members (excludes halogenated alkanes) is 1. The minimum Gasteiger partial charge on any atom is -0.466 e. The van der Waals surface area contributed by atoms with E-state index in [1.54, 1.807) is 13.8 Å². The Hall–Kier alpha value is -2.05. The Bertz CT molecular complexity index is 366. The highest BCUT2D eigenvalue weighted by atomic mass is 16.6. The number of rotatable bonds is 10. The number of ether oxygens (including phenoxy) is 3. The molecular formula is C14H23NO6. The number of esters is 2. The van der Waals surface area contributed by atoms with Crippen LogP contribution in [0.25, 0.3) is 0 Å². The molecule has 0 fully saturated rings. The van der Waals surface area contributed by atoms with E-state index in [9.17, 15) is 14.4 Å². The predicted molar refractivity (Wildman–Crippen MR) is 75.6 cm³/mol. The minimum atomic E-state index is -0.577. The van der Waals surface area contributed by atoms with Crippen molar-refractivity contribution in [3.8, 4) is 0 Å². The summed E-state index contributed by atoms with van der Waals surface area (Å²) >= 11 is 0. The monoisotopic (exact) mass is 301 g/mol. The summed E-state index contributed by atoms with van der Waals surface area (Å²) in [7, 11) is 0. The van der Waals surface area contributed by atoms with Crippen LogP contribution in [0.15, 0.2) is 12.2 Å². The lowest BCUT2D eigenvalue weighted by Gasteiger charge is -2.08. The van der Waals surface area contributed by atoms with Crippen molar-refractivity contribution in [1.29, 1.82) is 0 Å². The quantitative estimate of drug-likeness (QED) is 0.285. The lowest BCUT2D eigenvalue weighted by Crippen LogP contribution is -2.29. The number of amides is 1. The number of carbonyl (C=O) groups is 3. The molecule has 0 aliphatic carbocycles. The van der Waals surface area contributed by atoms with Crippen molar-refractivity contribution in [3.63, 3.8) is 0 Å². The molecule has 0 bridgehead atoms. The van der Waals surface area contributed by atoms with E-state index in [2.05, 4.69) is 11.9 Å². The molecule has 0 aromatic heterocycles. The fraction of sp³-hybridized carbons (Fsp3) is 0.643. The molecule has 0 spiro atoms. The maximum Gasteiger partial charge on any atom is 0.407 e. The first kappa shape index (κ1) is 18.9. The summed E-state index contributed by atoms with van der Waals surface area (Å²) < 4.78 is 14.5. The molecule has 1 N–H and O–H groups in total. The average Bonchev–Trinajstić information content (AvgIpc) is 2.46. The molecule has 1 amide bonds. The van der Waals surface area contributed by atoms with Crippen molar-refractivity contribution >= 4 is 18.0 Å². The SMILES string of the molecule is C=C(C)C(=O)OCCNC(=O)OCCCCOC(=O)CC. The Morgan fingerprint density at radius 1 is 1.00 bits per heavy atom. The van der Waals surface area contributed by atoms with Crippen molar-refractivity contribution in [2.45, 2.75) is 33.1 Å². The summed E-state index contributed by atoms with van der Waals surface area (Å²) in [5.74, 6) is -0.732. The standard InChI is InChI=1S/C14H23NO6/c1-4-12(16)19-8-5-6-9-21-14(18)15-7-10-20-13(17)11(2)3/h2,4-10H2,1,3H3,(H,15,18). The summed E-state index contributed by atoms with van der Waals surface area (Å²) in [5, 5.41) is 2.44. The number of hydrogen-bond donors (Lipinski definition) is 1. The van der Waals surface area contributed by atoms with Crippen molar-refractivity contribution in [2.24, 2.45) is 0 Å². The fourth-order valence-electron chi connectivity index (χ4n) is 1.13. The first-order chi connectivity index (χ1) is 9.97. The first-order valence-corrected chi connectivity index (χ1v) is 6.86. The largest absolute Gasteiger partial charge is 0.466 e. The summed E-state index contributed by atoms with van der Waals surface area (Å²) in [6.07, 6.45) is 1.02. The molecule has 7 nitrogen and oxygen atoms in total. The maximum absolute atomic E-state index is 11.2. The molecule has 7 heteroatoms. The highest BCUT2D eigenvalue weighted by Crippen LogP contribution is 1.94. The number of hydrogen-bond acceptors (Lipinski definition) is 6. The second-order valence-corrected chi connectivity index (χ2v) is 4.26. The van der Waals surface area contributed by atoms with Crippen molar-refractivity contribution in [3.05, 3.63) is 12.2 Å². The fourth-order valence-corrected chi connectivity index (χ4v) is 1.13. The van der Waals surface area contributed by atoms with E-state index in [-0.39, 0.29) is 25.7 Å². The van der Waals surface area contributed by atoms with E-state index in [0.29, 0.717) is 31.4 Å². The van der Waals surface area contributed by atoms with Gasteiger partial charge in [0.05, 0.1) is 19.8 Å². The third-order valence-electron chi connectivity index (χ3n) is 2.28. The van der Waals surface area contributed by atoms with Crippen LogP contribution in [0.1, 0.15) is 33.1 Å². The van der Waals surface area contributed by atoms with Gasteiger partial charge in [0.25, 0.3) is 0 Å². The molecule has 0 aliphatic heterocycles. The first-order valence-electron chi connectivity index (χ1n) is 6.86. The molecule has 0 heterocycles. The highest BCUT2D eigenvalue weighted by molar-refractivity contribution is 5.86. The molecular weight excluding hydrogens is 278 g/mol. The van der Waals surface area contributed by atoms with Crippen LogP contribution < -0.4 is 5.32 Å². The van der Waals surface area contributed by atoms with Crippen molar-refractivity contribution in [2.75, 3.05) is 26.4 Å². The zero-order valence-corrected chi connectivity index (χ0v) is 12.6. The normalized spacial score (nSPS) is 9.62. The molecule has 0 aromatic rings. The van der Waals surface area contributed by atoms with Gasteiger partial charge in [0.15, 0.2) is 0 Å². The Kier molecular flexibility index (Phi) is 10.6. The molecule has 0 aliphatic rings. The van der Waals surface area contributed by atoms with Gasteiger partial charge < -0.3 is 19.5 Å². The zero-order chi connectivity index (χ0) is 16.1. The lowest BCUT2D eigenvalue weighted by molar-refractivity contribution is -0.143. The molecule has 0 saturated heterocycles. The van der Waals surface area contributed by atoms with E-state index >= 15 is 0 Å². The van der Waals surface area contributed by atoms with E-state index in [0.717, 1.165) is 0 Å². The topological polar surface area (TPSA) is 90.9 Å². The molecule has 120 valence electrons. The number of carbonyl (C=O) groups excluding carboxylic acids is 3. The van der Waals surface area contributed by atoms with E-state index < -0.39 is 12.1 Å². The second kappa shape index (κ2) is 11.7. The Labute approximate surface area is 124 Å². The lowest BCUT2D eigenvalue weighted by atomic mass is 10.3. The molecule has 0 saturated carbocycles. The molecule has 0 rings (SSSR count). The smallest absolute Gasteiger partial charge is 0.407 e. The van der Waals surface area contributed by atoms with Crippen molar-refractivity contribution < 1.29 is 28.6 Å². The van der Waals surface area contributed by atoms with Gasteiger partial charge in [-0.1, -0.05) is 13.5 Å². The van der Waals surface area contributed by atoms with Gasteiger partial charge in [0.1, 0.15) is 6.61 Å². The minimum absolute atomic E-state index is 0.0633. The van der Waals surface area contributed by atoms with Crippen LogP contribution in [-0.2, 0) is 23.8 Å². The summed E-state index contributed by atoms with van der Waals surface area (Å²) in [4.78, 5) is 33.1. The van der Waals surface area contributed by atoms with Crippen molar-refractivity contribution in [1.82, 2.24) is 5.32 Å². The second-order valence-electron chi connectivity index (χ2n) is 4.26. The average molecular weight is 301 g/mol.